The second-order valence-corrected chi connectivity index (χ2v) is 7.22. The molecule has 29 heavy (non-hydrogen) atoms. The van der Waals surface area contributed by atoms with Crippen LogP contribution >= 0.6 is 11.8 Å². The molecule has 0 saturated carbocycles. The maximum atomic E-state index is 12.4. The van der Waals surface area contributed by atoms with Crippen molar-refractivity contribution in [2.45, 2.75) is 25.9 Å². The second-order valence-electron chi connectivity index (χ2n) is 6.25. The van der Waals surface area contributed by atoms with E-state index in [0.29, 0.717) is 16.2 Å². The zero-order valence-corrected chi connectivity index (χ0v) is 17.1. The fraction of sp³-hybridized carbons (Fsp3) is 0.316. The van der Waals surface area contributed by atoms with Gasteiger partial charge >= 0.3 is 5.97 Å². The topological polar surface area (TPSA) is 119 Å². The van der Waals surface area contributed by atoms with Gasteiger partial charge in [0, 0.05) is 0 Å². The Balaban J connectivity index is 1.80. The zero-order chi connectivity index (χ0) is 21.0. The van der Waals surface area contributed by atoms with Crippen LogP contribution in [0.15, 0.2) is 34.3 Å². The number of esters is 1. The Kier molecular flexibility index (Phi) is 6.32. The Morgan fingerprint density at radius 3 is 2.86 bits per heavy atom. The smallest absolute Gasteiger partial charge is 0.325 e. The number of nitrogens with one attached hydrogen (secondary N) is 2. The number of hydrogen-bond acceptors (Lipinski definition) is 7. The largest absolute Gasteiger partial charge is 0.465 e. The van der Waals surface area contributed by atoms with E-state index in [1.165, 1.54) is 6.20 Å². The molecule has 2 N–H and O–H groups in total. The fourth-order valence-electron chi connectivity index (χ4n) is 2.68. The molecule has 3 aromatic rings. The summed E-state index contributed by atoms with van der Waals surface area (Å²) in [6.07, 6.45) is 1.48. The van der Waals surface area contributed by atoms with Crippen LogP contribution in [0, 0.1) is 13.8 Å². The molecule has 1 amide bonds. The quantitative estimate of drug-likeness (QED) is 0.341. The van der Waals surface area contributed by atoms with Crippen molar-refractivity contribution in [1.82, 2.24) is 25.1 Å². The van der Waals surface area contributed by atoms with Crippen LogP contribution in [-0.4, -0.2) is 50.5 Å². The molecule has 2 aromatic heterocycles. The minimum Gasteiger partial charge on any atom is -0.465 e. The van der Waals surface area contributed by atoms with Gasteiger partial charge in [0.05, 0.1) is 24.2 Å². The minimum absolute atomic E-state index is 0.00847. The number of nitrogens with zero attached hydrogens (tertiary/aromatic N) is 3. The molecule has 0 atom stereocenters. The fourth-order valence-corrected chi connectivity index (χ4v) is 3.36. The van der Waals surface area contributed by atoms with Crippen LogP contribution in [0.5, 0.6) is 0 Å². The van der Waals surface area contributed by atoms with Gasteiger partial charge in [0.1, 0.15) is 11.9 Å². The van der Waals surface area contributed by atoms with Crippen molar-refractivity contribution < 1.29 is 14.3 Å². The lowest BCUT2D eigenvalue weighted by Gasteiger charge is -2.09. The van der Waals surface area contributed by atoms with Crippen molar-refractivity contribution in [3.8, 4) is 5.69 Å². The molecule has 0 bridgehead atoms. The summed E-state index contributed by atoms with van der Waals surface area (Å²) in [4.78, 5) is 42.7. The van der Waals surface area contributed by atoms with Crippen molar-refractivity contribution in [2.24, 2.45) is 0 Å². The third-order valence-corrected chi connectivity index (χ3v) is 5.17. The van der Waals surface area contributed by atoms with Gasteiger partial charge in [-0.15, -0.1) is 0 Å². The Hall–Kier alpha value is -3.14. The van der Waals surface area contributed by atoms with E-state index in [2.05, 4.69) is 20.4 Å². The molecule has 0 fully saturated rings. The third kappa shape index (κ3) is 4.65. The Morgan fingerprint density at radius 1 is 1.31 bits per heavy atom. The number of aromatic nitrogens is 4. The predicted octanol–water partition coefficient (Wildman–Crippen LogP) is 1.50. The lowest BCUT2D eigenvalue weighted by atomic mass is 10.1. The highest BCUT2D eigenvalue weighted by Gasteiger charge is 2.15. The molecule has 0 unspecified atom stereocenters. The summed E-state index contributed by atoms with van der Waals surface area (Å²) in [6, 6.07) is 5.83. The van der Waals surface area contributed by atoms with Crippen molar-refractivity contribution in [2.75, 3.05) is 18.9 Å². The van der Waals surface area contributed by atoms with Crippen LogP contribution in [0.4, 0.5) is 0 Å². The molecule has 0 aliphatic carbocycles. The Labute approximate surface area is 170 Å². The average Bonchev–Trinajstić information content (AvgIpc) is 3.11. The van der Waals surface area contributed by atoms with Gasteiger partial charge in [-0.25, -0.2) is 9.67 Å². The molecule has 152 valence electrons. The van der Waals surface area contributed by atoms with Crippen molar-refractivity contribution >= 4 is 34.7 Å². The van der Waals surface area contributed by atoms with Crippen LogP contribution in [-0.2, 0) is 14.3 Å². The molecule has 0 saturated heterocycles. The Morgan fingerprint density at radius 2 is 2.10 bits per heavy atom. The Bertz CT molecular complexity index is 1120. The average molecular weight is 415 g/mol. The van der Waals surface area contributed by atoms with Crippen molar-refractivity contribution in [3.05, 3.63) is 45.9 Å². The summed E-state index contributed by atoms with van der Waals surface area (Å²) in [6.45, 7) is 5.73. The number of ether oxygens (including phenoxy) is 1. The number of aromatic amines is 1. The van der Waals surface area contributed by atoms with E-state index in [4.69, 9.17) is 4.74 Å². The first kappa shape index (κ1) is 20.6. The maximum Gasteiger partial charge on any atom is 0.325 e. The molecular formula is C19H21N5O4S. The highest BCUT2D eigenvalue weighted by atomic mass is 32.2. The first-order chi connectivity index (χ1) is 13.9. The van der Waals surface area contributed by atoms with Crippen LogP contribution in [0.1, 0.15) is 18.1 Å². The SMILES string of the molecule is CCOC(=O)CNC(=O)CSc1nc2c(cnn2-c2cccc(C)c2C)c(=O)[nH]1. The summed E-state index contributed by atoms with van der Waals surface area (Å²) in [7, 11) is 0. The first-order valence-electron chi connectivity index (χ1n) is 9.00. The van der Waals surface area contributed by atoms with Gasteiger partial charge < -0.3 is 15.0 Å². The van der Waals surface area contributed by atoms with E-state index in [9.17, 15) is 14.4 Å². The molecule has 1 aromatic carbocycles. The number of carbonyl (C=O) groups is 2. The van der Waals surface area contributed by atoms with E-state index in [0.717, 1.165) is 28.6 Å². The van der Waals surface area contributed by atoms with Gasteiger partial charge in [-0.2, -0.15) is 5.10 Å². The summed E-state index contributed by atoms with van der Waals surface area (Å²) in [5, 5.41) is 7.44. The molecular weight excluding hydrogens is 394 g/mol. The number of thioether (sulfide) groups is 1. The molecule has 2 heterocycles. The minimum atomic E-state index is -0.503. The molecule has 0 radical (unpaired) electrons. The van der Waals surface area contributed by atoms with Crippen molar-refractivity contribution in [1.29, 1.82) is 0 Å². The van der Waals surface area contributed by atoms with Crippen LogP contribution in [0.25, 0.3) is 16.7 Å². The molecule has 0 aliphatic rings. The summed E-state index contributed by atoms with van der Waals surface area (Å²) in [5.41, 5.74) is 3.05. The molecule has 0 aliphatic heterocycles. The molecule has 3 rings (SSSR count). The molecule has 0 spiro atoms. The van der Waals surface area contributed by atoms with Gasteiger partial charge in [0.2, 0.25) is 5.91 Å². The highest BCUT2D eigenvalue weighted by molar-refractivity contribution is 7.99. The van der Waals surface area contributed by atoms with Crippen LogP contribution in [0.3, 0.4) is 0 Å². The van der Waals surface area contributed by atoms with Gasteiger partial charge in [-0.05, 0) is 38.0 Å². The first-order valence-corrected chi connectivity index (χ1v) is 9.99. The van der Waals surface area contributed by atoms with Gasteiger partial charge in [0.25, 0.3) is 5.56 Å². The third-order valence-electron chi connectivity index (χ3n) is 4.30. The lowest BCUT2D eigenvalue weighted by molar-refractivity contribution is -0.143. The normalized spacial score (nSPS) is 10.9. The van der Waals surface area contributed by atoms with Crippen LogP contribution < -0.4 is 10.9 Å². The summed E-state index contributed by atoms with van der Waals surface area (Å²) >= 11 is 1.07. The van der Waals surface area contributed by atoms with E-state index in [-0.39, 0.29) is 30.4 Å². The number of H-pyrrole nitrogens is 1. The monoisotopic (exact) mass is 415 g/mol. The second kappa shape index (κ2) is 8.91. The number of carbonyl (C=O) groups excluding carboxylic acids is 2. The highest BCUT2D eigenvalue weighted by Crippen LogP contribution is 2.21. The standard InChI is InChI=1S/C19H21N5O4S/c1-4-28-16(26)9-20-15(25)10-29-19-22-17-13(18(27)23-19)8-21-24(17)14-7-5-6-11(2)12(14)3/h5-8H,4,9-10H2,1-3H3,(H,20,25)(H,22,23,27). The van der Waals surface area contributed by atoms with Crippen molar-refractivity contribution in [3.63, 3.8) is 0 Å². The lowest BCUT2D eigenvalue weighted by Crippen LogP contribution is -2.31. The van der Waals surface area contributed by atoms with Crippen LogP contribution in [0.2, 0.25) is 0 Å². The van der Waals surface area contributed by atoms with E-state index < -0.39 is 5.97 Å². The number of amides is 1. The van der Waals surface area contributed by atoms with Gasteiger partial charge in [-0.1, -0.05) is 23.9 Å². The number of benzene rings is 1. The number of aryl methyl sites for hydroxylation is 1. The van der Waals surface area contributed by atoms with E-state index in [1.807, 2.05) is 32.0 Å². The number of rotatable bonds is 7. The predicted molar refractivity (Wildman–Crippen MR) is 109 cm³/mol. The summed E-state index contributed by atoms with van der Waals surface area (Å²) < 4.78 is 6.38. The zero-order valence-electron chi connectivity index (χ0n) is 16.3. The maximum absolute atomic E-state index is 12.4. The molecule has 10 heteroatoms. The van der Waals surface area contributed by atoms with Gasteiger partial charge in [-0.3, -0.25) is 14.4 Å². The number of fused-ring (bicyclic) bond motifs is 1. The van der Waals surface area contributed by atoms with E-state index in [1.54, 1.807) is 11.6 Å². The summed E-state index contributed by atoms with van der Waals surface area (Å²) in [5.74, 6) is -0.879. The van der Waals surface area contributed by atoms with E-state index >= 15 is 0 Å². The molecule has 9 nitrogen and oxygen atoms in total. The van der Waals surface area contributed by atoms with Gasteiger partial charge in [0.15, 0.2) is 10.8 Å². The number of hydrogen-bond donors (Lipinski definition) is 2.